The summed E-state index contributed by atoms with van der Waals surface area (Å²) in [6.07, 6.45) is -3.25. The van der Waals surface area contributed by atoms with Crippen molar-refractivity contribution < 1.29 is 13.2 Å². The highest BCUT2D eigenvalue weighted by Crippen LogP contribution is 2.29. The van der Waals surface area contributed by atoms with Crippen molar-refractivity contribution in [2.75, 3.05) is 0 Å². The minimum absolute atomic E-state index is 0.275. The van der Waals surface area contributed by atoms with Gasteiger partial charge in [-0.1, -0.05) is 0 Å². The summed E-state index contributed by atoms with van der Waals surface area (Å²) in [5.41, 5.74) is -0.648. The van der Waals surface area contributed by atoms with E-state index >= 15 is 0 Å². The molecule has 2 rings (SSSR count). The van der Waals surface area contributed by atoms with Gasteiger partial charge in [0.15, 0.2) is 0 Å². The molecule has 1 N–H and O–H groups in total. The van der Waals surface area contributed by atoms with Gasteiger partial charge in [0.1, 0.15) is 9.39 Å². The fourth-order valence-corrected chi connectivity index (χ4v) is 1.57. The molecule has 0 saturated heterocycles. The molecule has 2 aromatic rings. The van der Waals surface area contributed by atoms with Crippen LogP contribution in [0.5, 0.6) is 0 Å². The summed E-state index contributed by atoms with van der Waals surface area (Å²) in [6, 6.07) is 0.925. The van der Waals surface area contributed by atoms with Crippen LogP contribution in [-0.4, -0.2) is 15.2 Å². The normalized spacial score (nSPS) is 12.3. The molecule has 3 nitrogen and oxygen atoms in total. The monoisotopic (exact) mass is 313 g/mol. The smallest absolute Gasteiger partial charge is 0.271 e. The molecule has 74 valence electrons. The van der Waals surface area contributed by atoms with E-state index in [1.54, 1.807) is 0 Å². The van der Waals surface area contributed by atoms with Gasteiger partial charge in [-0.05, 0) is 28.7 Å². The zero-order valence-corrected chi connectivity index (χ0v) is 8.72. The zero-order chi connectivity index (χ0) is 10.3. The Balaban J connectivity index is 2.63. The van der Waals surface area contributed by atoms with E-state index in [0.29, 0.717) is 9.09 Å². The molecule has 0 radical (unpaired) electrons. The molecule has 0 aliphatic rings. The lowest BCUT2D eigenvalue weighted by Crippen LogP contribution is -2.07. The molecule has 0 unspecified atom stereocenters. The Morgan fingerprint density at radius 1 is 1.36 bits per heavy atom. The Bertz CT molecular complexity index is 476. The molecule has 0 atom stereocenters. The van der Waals surface area contributed by atoms with Gasteiger partial charge in [0.2, 0.25) is 0 Å². The summed E-state index contributed by atoms with van der Waals surface area (Å²) in [5, 5.41) is 6.90. The number of aromatic amines is 1. The molecule has 7 heteroatoms. The molecule has 0 aromatic carbocycles. The molecule has 0 aliphatic heterocycles. The summed E-state index contributed by atoms with van der Waals surface area (Å²) in [4.78, 5) is 3.32. The Morgan fingerprint density at radius 3 is 2.71 bits per heavy atom. The third kappa shape index (κ3) is 1.56. The van der Waals surface area contributed by atoms with Gasteiger partial charge in [-0.2, -0.15) is 18.3 Å². The van der Waals surface area contributed by atoms with Crippen molar-refractivity contribution in [3.63, 3.8) is 0 Å². The highest BCUT2D eigenvalue weighted by Gasteiger charge is 2.32. The molecule has 0 aliphatic carbocycles. The van der Waals surface area contributed by atoms with Gasteiger partial charge in [-0.25, -0.2) is 0 Å². The van der Waals surface area contributed by atoms with Crippen LogP contribution in [0, 0.1) is 3.70 Å². The van der Waals surface area contributed by atoms with Gasteiger partial charge in [-0.15, -0.1) is 0 Å². The Kier molecular flexibility index (Phi) is 2.13. The number of nitrogens with zero attached hydrogens (tertiary/aromatic N) is 2. The van der Waals surface area contributed by atoms with Crippen LogP contribution in [0.1, 0.15) is 5.69 Å². The fraction of sp³-hybridized carbons (Fsp3) is 0.143. The average molecular weight is 313 g/mol. The number of halogens is 4. The second-order valence-corrected chi connectivity index (χ2v) is 3.70. The van der Waals surface area contributed by atoms with Crippen LogP contribution in [0.25, 0.3) is 10.9 Å². The number of alkyl halides is 3. The van der Waals surface area contributed by atoms with E-state index in [9.17, 15) is 13.2 Å². The van der Waals surface area contributed by atoms with E-state index in [1.165, 1.54) is 6.20 Å². The van der Waals surface area contributed by atoms with Crippen molar-refractivity contribution in [2.45, 2.75) is 6.18 Å². The van der Waals surface area contributed by atoms with Crippen molar-refractivity contribution in [1.82, 2.24) is 15.2 Å². The third-order valence-electron chi connectivity index (χ3n) is 1.68. The van der Waals surface area contributed by atoms with Crippen LogP contribution in [0.15, 0.2) is 12.3 Å². The predicted octanol–water partition coefficient (Wildman–Crippen LogP) is 2.58. The second kappa shape index (κ2) is 3.07. The van der Waals surface area contributed by atoms with Gasteiger partial charge in [0.05, 0.1) is 10.9 Å². The zero-order valence-electron chi connectivity index (χ0n) is 6.56. The highest BCUT2D eigenvalue weighted by molar-refractivity contribution is 14.1. The SMILES string of the molecule is FC(F)(F)c1cc2n[nH]c(I)c2cn1. The number of nitrogens with one attached hydrogen (secondary N) is 1. The first-order valence-electron chi connectivity index (χ1n) is 3.55. The Hall–Kier alpha value is -0.860. The first kappa shape index (κ1) is 9.69. The minimum Gasteiger partial charge on any atom is -0.271 e. The molecule has 0 spiro atoms. The quantitative estimate of drug-likeness (QED) is 0.760. The Labute approximate surface area is 89.9 Å². The van der Waals surface area contributed by atoms with E-state index in [2.05, 4.69) is 15.2 Å². The lowest BCUT2D eigenvalue weighted by molar-refractivity contribution is -0.141. The predicted molar refractivity (Wildman–Crippen MR) is 51.6 cm³/mol. The van der Waals surface area contributed by atoms with Crippen molar-refractivity contribution in [3.05, 3.63) is 21.7 Å². The van der Waals surface area contributed by atoms with Crippen LogP contribution in [0.2, 0.25) is 0 Å². The van der Waals surface area contributed by atoms with Crippen LogP contribution in [0.4, 0.5) is 13.2 Å². The molecule has 0 amide bonds. The lowest BCUT2D eigenvalue weighted by Gasteiger charge is -2.03. The molecule has 2 aromatic heterocycles. The van der Waals surface area contributed by atoms with Crippen molar-refractivity contribution in [1.29, 1.82) is 0 Å². The van der Waals surface area contributed by atoms with E-state index in [1.807, 2.05) is 22.6 Å². The number of fused-ring (bicyclic) bond motifs is 1. The number of rotatable bonds is 0. The second-order valence-electron chi connectivity index (χ2n) is 2.62. The van der Waals surface area contributed by atoms with Gasteiger partial charge >= 0.3 is 6.18 Å². The van der Waals surface area contributed by atoms with Gasteiger partial charge < -0.3 is 0 Å². The first-order valence-corrected chi connectivity index (χ1v) is 4.63. The van der Waals surface area contributed by atoms with Gasteiger partial charge in [0, 0.05) is 6.20 Å². The highest BCUT2D eigenvalue weighted by atomic mass is 127. The number of hydrogen-bond acceptors (Lipinski definition) is 2. The average Bonchev–Trinajstić information content (AvgIpc) is 2.46. The van der Waals surface area contributed by atoms with Gasteiger partial charge in [0.25, 0.3) is 0 Å². The molecule has 0 fully saturated rings. The van der Waals surface area contributed by atoms with Crippen LogP contribution < -0.4 is 0 Å². The molecular formula is C7H3F3IN3. The summed E-state index contributed by atoms with van der Waals surface area (Å²) in [6.45, 7) is 0. The maximum atomic E-state index is 12.2. The van der Waals surface area contributed by atoms with Crippen molar-refractivity contribution >= 4 is 33.5 Å². The van der Waals surface area contributed by atoms with Crippen LogP contribution >= 0.6 is 22.6 Å². The molecular weight excluding hydrogens is 310 g/mol. The molecule has 2 heterocycles. The molecule has 0 bridgehead atoms. The third-order valence-corrected chi connectivity index (χ3v) is 2.51. The number of hydrogen-bond donors (Lipinski definition) is 1. The van der Waals surface area contributed by atoms with Crippen molar-refractivity contribution in [2.24, 2.45) is 0 Å². The maximum absolute atomic E-state index is 12.2. The van der Waals surface area contributed by atoms with E-state index in [4.69, 9.17) is 0 Å². The number of pyridine rings is 1. The Morgan fingerprint density at radius 2 is 2.07 bits per heavy atom. The molecule has 0 saturated carbocycles. The van der Waals surface area contributed by atoms with Crippen LogP contribution in [0.3, 0.4) is 0 Å². The fourth-order valence-electron chi connectivity index (χ4n) is 1.03. The number of aromatic nitrogens is 3. The van der Waals surface area contributed by atoms with Crippen molar-refractivity contribution in [3.8, 4) is 0 Å². The summed E-state index contributed by atoms with van der Waals surface area (Å²) >= 11 is 1.95. The number of H-pyrrole nitrogens is 1. The topological polar surface area (TPSA) is 41.6 Å². The van der Waals surface area contributed by atoms with E-state index in [0.717, 1.165) is 6.07 Å². The van der Waals surface area contributed by atoms with Gasteiger partial charge in [-0.3, -0.25) is 10.1 Å². The van der Waals surface area contributed by atoms with E-state index < -0.39 is 11.9 Å². The molecule has 14 heavy (non-hydrogen) atoms. The minimum atomic E-state index is -4.42. The summed E-state index contributed by atoms with van der Waals surface area (Å²) < 4.78 is 37.3. The lowest BCUT2D eigenvalue weighted by atomic mass is 10.3. The summed E-state index contributed by atoms with van der Waals surface area (Å²) in [7, 11) is 0. The van der Waals surface area contributed by atoms with Crippen LogP contribution in [-0.2, 0) is 6.18 Å². The summed E-state index contributed by atoms with van der Waals surface area (Å²) in [5.74, 6) is 0. The van der Waals surface area contributed by atoms with E-state index in [-0.39, 0.29) is 5.52 Å². The maximum Gasteiger partial charge on any atom is 0.433 e. The largest absolute Gasteiger partial charge is 0.433 e. The first-order chi connectivity index (χ1) is 6.48. The standard InChI is InChI=1S/C7H3F3IN3/c8-7(9,10)5-1-4-3(2-12-5)6(11)14-13-4/h1-2H,(H,13,14).